The Labute approximate surface area is 211 Å². The number of benzene rings is 1. The van der Waals surface area contributed by atoms with Crippen LogP contribution in [-0.2, 0) is 4.79 Å². The quantitative estimate of drug-likeness (QED) is 0.571. The van der Waals surface area contributed by atoms with E-state index in [9.17, 15) is 20.1 Å². The smallest absolute Gasteiger partial charge is 0.153 e. The van der Waals surface area contributed by atoms with Crippen molar-refractivity contribution in [3.05, 3.63) is 59.3 Å². The number of ketones is 1. The van der Waals surface area contributed by atoms with Crippen LogP contribution < -0.4 is 0 Å². The van der Waals surface area contributed by atoms with Crippen LogP contribution in [0.25, 0.3) is 11.3 Å². The largest absolute Gasteiger partial charge is 0.392 e. The number of carbonyl (C=O) groups excluding carboxylic acids is 1. The summed E-state index contributed by atoms with van der Waals surface area (Å²) in [4.78, 5) is 14.5. The molecule has 0 amide bonds. The van der Waals surface area contributed by atoms with Gasteiger partial charge in [0.25, 0.3) is 0 Å². The van der Waals surface area contributed by atoms with Gasteiger partial charge in [-0.05, 0) is 60.1 Å². The number of fused-ring (bicyclic) bond motifs is 3. The highest BCUT2D eigenvalue weighted by atomic mass is 16.3. The van der Waals surface area contributed by atoms with Crippen molar-refractivity contribution >= 4 is 5.78 Å². The molecule has 1 aromatic carbocycles. The summed E-state index contributed by atoms with van der Waals surface area (Å²) in [5.41, 5.74) is 0.524. The third-order valence-corrected chi connectivity index (χ3v) is 10.1. The Morgan fingerprint density at radius 2 is 1.92 bits per heavy atom. The van der Waals surface area contributed by atoms with Crippen LogP contribution in [0.2, 0.25) is 0 Å². The summed E-state index contributed by atoms with van der Waals surface area (Å²) in [7, 11) is 0. The van der Waals surface area contributed by atoms with Crippen molar-refractivity contribution in [3.63, 3.8) is 0 Å². The molecular formula is C29H35N3O4. The van der Waals surface area contributed by atoms with Gasteiger partial charge in [0.15, 0.2) is 5.78 Å². The molecular weight excluding hydrogens is 454 g/mol. The van der Waals surface area contributed by atoms with Crippen LogP contribution in [0.4, 0.5) is 0 Å². The van der Waals surface area contributed by atoms with Crippen molar-refractivity contribution in [2.75, 3.05) is 6.61 Å². The van der Waals surface area contributed by atoms with Gasteiger partial charge in [0.2, 0.25) is 0 Å². The van der Waals surface area contributed by atoms with Crippen molar-refractivity contribution < 1.29 is 20.1 Å². The van der Waals surface area contributed by atoms with E-state index in [1.807, 2.05) is 51.1 Å². The lowest BCUT2D eigenvalue weighted by atomic mass is 9.58. The number of rotatable bonds is 3. The van der Waals surface area contributed by atoms with Gasteiger partial charge in [-0.15, -0.1) is 5.10 Å². The molecule has 1 heterocycles. The van der Waals surface area contributed by atoms with E-state index in [1.165, 1.54) is 0 Å². The molecule has 0 aliphatic heterocycles. The fraction of sp³-hybridized carbons (Fsp3) is 0.552. The van der Waals surface area contributed by atoms with Crippen molar-refractivity contribution in [3.8, 4) is 11.3 Å². The number of carbonyl (C=O) groups is 1. The van der Waals surface area contributed by atoms with Gasteiger partial charge < -0.3 is 15.3 Å². The normalized spacial score (nSPS) is 40.5. The van der Waals surface area contributed by atoms with E-state index >= 15 is 0 Å². The number of aliphatic hydroxyl groups is 3. The molecule has 2 bridgehead atoms. The maximum Gasteiger partial charge on any atom is 0.153 e. The Morgan fingerprint density at radius 1 is 1.19 bits per heavy atom. The maximum absolute atomic E-state index is 14.5. The number of Topliss-reactive ketones (excluding diaryl/α,β-unsaturated/α-hetero) is 1. The zero-order chi connectivity index (χ0) is 25.8. The third kappa shape index (κ3) is 2.71. The van der Waals surface area contributed by atoms with E-state index in [1.54, 1.807) is 17.0 Å². The second-order valence-electron chi connectivity index (χ2n) is 12.2. The number of nitrogens with zero attached hydrogens (tertiary/aromatic N) is 3. The Bertz CT molecular complexity index is 1330. The van der Waals surface area contributed by atoms with Gasteiger partial charge in [-0.25, -0.2) is 4.68 Å². The van der Waals surface area contributed by atoms with Crippen LogP contribution >= 0.6 is 0 Å². The van der Waals surface area contributed by atoms with Crippen molar-refractivity contribution in [2.24, 2.45) is 34.5 Å². The van der Waals surface area contributed by atoms with Gasteiger partial charge >= 0.3 is 0 Å². The molecule has 2 fully saturated rings. The zero-order valence-electron chi connectivity index (χ0n) is 21.5. The van der Waals surface area contributed by atoms with Gasteiger partial charge in [-0.3, -0.25) is 4.79 Å². The van der Waals surface area contributed by atoms with Crippen molar-refractivity contribution in [1.82, 2.24) is 15.0 Å². The first-order valence-electron chi connectivity index (χ1n) is 12.9. The average Bonchev–Trinajstić information content (AvgIpc) is 3.13. The SMILES string of the molecule is CC1=C[C@]23C(=O)[C@@H](C=C(CO)[C@@H](O)[C@]2(O)[C@H]1n1cc(-c2ccccc2C)nn1)[C@H]1[C@@H](C[C@H]3C)C1(C)C. The van der Waals surface area contributed by atoms with Crippen LogP contribution in [0.3, 0.4) is 0 Å². The predicted molar refractivity (Wildman–Crippen MR) is 135 cm³/mol. The predicted octanol–water partition coefficient (Wildman–Crippen LogP) is 3.26. The van der Waals surface area contributed by atoms with E-state index in [-0.39, 0.29) is 23.0 Å². The molecule has 0 saturated heterocycles. The standard InChI is InChI=1S/C29H35N3O4/c1-15-8-6-7-9-19(15)22-13-32(31-30-22)24-16(2)12-28-17(3)10-21-23(27(21,4)5)20(26(28)35)11-18(14-33)25(34)29(24,28)36/h6-9,11-13,17,20-21,23-25,33-34,36H,10,14H2,1-5H3/t17-,20+,21-,23+,24+,25-,28+,29-/m1/s1. The second-order valence-corrected chi connectivity index (χ2v) is 12.2. The summed E-state index contributed by atoms with van der Waals surface area (Å²) in [6, 6.07) is 7.08. The van der Waals surface area contributed by atoms with Crippen LogP contribution in [0, 0.1) is 41.4 Å². The highest BCUT2D eigenvalue weighted by molar-refractivity contribution is 5.95. The summed E-state index contributed by atoms with van der Waals surface area (Å²) in [5, 5.41) is 43.6. The Morgan fingerprint density at radius 3 is 2.61 bits per heavy atom. The zero-order valence-corrected chi connectivity index (χ0v) is 21.5. The molecule has 0 unspecified atom stereocenters. The molecule has 2 saturated carbocycles. The number of allylic oxidation sites excluding steroid dienone is 1. The van der Waals surface area contributed by atoms with Crippen LogP contribution in [-0.4, -0.2) is 54.4 Å². The molecule has 7 heteroatoms. The van der Waals surface area contributed by atoms with Crippen molar-refractivity contribution in [2.45, 2.75) is 58.8 Å². The topological polar surface area (TPSA) is 108 Å². The fourth-order valence-electron chi connectivity index (χ4n) is 8.23. The number of hydrogen-bond acceptors (Lipinski definition) is 6. The summed E-state index contributed by atoms with van der Waals surface area (Å²) in [5.74, 6) is -0.228. The lowest BCUT2D eigenvalue weighted by Crippen LogP contribution is -2.63. The average molecular weight is 490 g/mol. The first-order chi connectivity index (χ1) is 17.0. The second kappa shape index (κ2) is 7.46. The molecule has 1 aromatic heterocycles. The third-order valence-electron chi connectivity index (χ3n) is 10.1. The molecule has 4 aliphatic carbocycles. The fourth-order valence-corrected chi connectivity index (χ4v) is 8.23. The molecule has 36 heavy (non-hydrogen) atoms. The van der Waals surface area contributed by atoms with Crippen LogP contribution in [0.15, 0.2) is 53.8 Å². The highest BCUT2D eigenvalue weighted by Gasteiger charge is 2.76. The summed E-state index contributed by atoms with van der Waals surface area (Å²) >= 11 is 0. The minimum atomic E-state index is -1.91. The Kier molecular flexibility index (Phi) is 4.93. The molecule has 4 aliphatic rings. The number of aryl methyl sites for hydroxylation is 1. The summed E-state index contributed by atoms with van der Waals surface area (Å²) in [6.45, 7) is 9.89. The van der Waals surface area contributed by atoms with E-state index in [2.05, 4.69) is 24.2 Å². The molecule has 6 rings (SSSR count). The molecule has 8 atom stereocenters. The molecule has 190 valence electrons. The Hall–Kier alpha value is -2.61. The van der Waals surface area contributed by atoms with Gasteiger partial charge in [-0.1, -0.05) is 62.4 Å². The van der Waals surface area contributed by atoms with Gasteiger partial charge in [0, 0.05) is 11.5 Å². The van der Waals surface area contributed by atoms with E-state index < -0.39 is 35.7 Å². The lowest BCUT2D eigenvalue weighted by molar-refractivity contribution is -0.175. The molecule has 1 spiro atoms. The monoisotopic (exact) mass is 489 g/mol. The van der Waals surface area contributed by atoms with Gasteiger partial charge in [0.1, 0.15) is 23.4 Å². The number of hydrogen-bond donors (Lipinski definition) is 3. The molecule has 3 N–H and O–H groups in total. The van der Waals surface area contributed by atoms with Crippen LogP contribution in [0.1, 0.15) is 45.7 Å². The lowest BCUT2D eigenvalue weighted by Gasteiger charge is -2.49. The van der Waals surface area contributed by atoms with E-state index in [0.717, 1.165) is 23.1 Å². The molecule has 2 aromatic rings. The van der Waals surface area contributed by atoms with Gasteiger partial charge in [0.05, 0.1) is 18.2 Å². The van der Waals surface area contributed by atoms with Gasteiger partial charge in [-0.2, -0.15) is 0 Å². The first-order valence-corrected chi connectivity index (χ1v) is 12.9. The van der Waals surface area contributed by atoms with E-state index in [4.69, 9.17) is 0 Å². The summed E-state index contributed by atoms with van der Waals surface area (Å²) < 4.78 is 1.59. The van der Waals surface area contributed by atoms with Crippen molar-refractivity contribution in [1.29, 1.82) is 0 Å². The van der Waals surface area contributed by atoms with E-state index in [0.29, 0.717) is 17.2 Å². The Balaban J connectivity index is 1.53. The minimum absolute atomic E-state index is 0.00574. The molecule has 7 nitrogen and oxygen atoms in total. The highest BCUT2D eigenvalue weighted by Crippen LogP contribution is 2.72. The number of aromatic nitrogens is 3. The van der Waals surface area contributed by atoms with Crippen LogP contribution in [0.5, 0.6) is 0 Å². The minimum Gasteiger partial charge on any atom is -0.392 e. The molecule has 0 radical (unpaired) electrons. The maximum atomic E-state index is 14.5. The number of aliphatic hydroxyl groups excluding tert-OH is 2. The first kappa shape index (κ1) is 23.8. The summed E-state index contributed by atoms with van der Waals surface area (Å²) in [6.07, 6.45) is 4.81.